The third-order valence-corrected chi connectivity index (χ3v) is 7.15. The molecule has 7 nitrogen and oxygen atoms in total. The molecule has 0 radical (unpaired) electrons. The number of amides is 1. The molecular formula is C29H23Cl2N3O4. The van der Waals surface area contributed by atoms with Gasteiger partial charge in [0.2, 0.25) is 5.91 Å². The Bertz CT molecular complexity index is 1630. The van der Waals surface area contributed by atoms with Crippen molar-refractivity contribution in [2.45, 2.75) is 31.7 Å². The molecule has 3 aromatic carbocycles. The number of nitrogens with zero attached hydrogens (tertiary/aromatic N) is 2. The lowest BCUT2D eigenvalue weighted by molar-refractivity contribution is -0.137. The number of hydrogen-bond donors (Lipinski definition) is 2. The predicted molar refractivity (Wildman–Crippen MR) is 149 cm³/mol. The van der Waals surface area contributed by atoms with Crippen LogP contribution in [0.25, 0.3) is 22.0 Å². The Morgan fingerprint density at radius 2 is 1.66 bits per heavy atom. The molecule has 0 saturated carbocycles. The summed E-state index contributed by atoms with van der Waals surface area (Å²) >= 11 is 12.7. The number of hydrogen-bond acceptors (Lipinski definition) is 4. The summed E-state index contributed by atoms with van der Waals surface area (Å²) in [4.78, 5) is 40.8. The van der Waals surface area contributed by atoms with Gasteiger partial charge in [0, 0.05) is 45.8 Å². The Labute approximate surface area is 228 Å². The molecule has 5 rings (SSSR count). The monoisotopic (exact) mass is 547 g/mol. The molecule has 0 aliphatic carbocycles. The molecule has 192 valence electrons. The maximum atomic E-state index is 13.6. The number of H-pyrrole nitrogens is 1. The van der Waals surface area contributed by atoms with Crippen LogP contribution in [0.5, 0.6) is 0 Å². The number of nitrogens with one attached hydrogen (secondary N) is 1. The molecule has 1 amide bonds. The van der Waals surface area contributed by atoms with E-state index in [1.54, 1.807) is 24.3 Å². The molecule has 38 heavy (non-hydrogen) atoms. The van der Waals surface area contributed by atoms with Gasteiger partial charge in [0.15, 0.2) is 0 Å². The number of aromatic nitrogens is 1. The van der Waals surface area contributed by atoms with Crippen LogP contribution in [0.1, 0.15) is 42.9 Å². The van der Waals surface area contributed by atoms with Crippen molar-refractivity contribution in [3.05, 3.63) is 104 Å². The molecule has 0 unspecified atom stereocenters. The van der Waals surface area contributed by atoms with Gasteiger partial charge in [-0.25, -0.2) is 5.01 Å². The first kappa shape index (κ1) is 25.7. The van der Waals surface area contributed by atoms with Gasteiger partial charge in [0.05, 0.1) is 17.3 Å². The fraction of sp³-hybridized carbons (Fsp3) is 0.172. The number of aliphatic carboxylic acids is 1. The van der Waals surface area contributed by atoms with Crippen LogP contribution in [0.3, 0.4) is 0 Å². The Balaban J connectivity index is 1.66. The summed E-state index contributed by atoms with van der Waals surface area (Å²) in [7, 11) is 0. The number of para-hydroxylation sites is 1. The third kappa shape index (κ3) is 5.08. The molecule has 1 aliphatic rings. The van der Waals surface area contributed by atoms with E-state index in [1.165, 1.54) is 5.01 Å². The van der Waals surface area contributed by atoms with Crippen molar-refractivity contribution >= 4 is 51.7 Å². The first-order valence-electron chi connectivity index (χ1n) is 12.1. The average molecular weight is 548 g/mol. The maximum Gasteiger partial charge on any atom is 0.303 e. The van der Waals surface area contributed by atoms with Crippen LogP contribution < -0.4 is 5.56 Å². The number of carboxylic acid groups (broad SMARTS) is 1. The fourth-order valence-electron chi connectivity index (χ4n) is 4.82. The number of benzene rings is 3. The first-order chi connectivity index (χ1) is 18.3. The number of halogens is 2. The van der Waals surface area contributed by atoms with Gasteiger partial charge in [0.1, 0.15) is 0 Å². The molecule has 1 aliphatic heterocycles. The second-order valence-electron chi connectivity index (χ2n) is 9.03. The summed E-state index contributed by atoms with van der Waals surface area (Å²) in [5, 5.41) is 16.9. The minimum absolute atomic E-state index is 0.00213. The lowest BCUT2D eigenvalue weighted by Gasteiger charge is -2.22. The maximum absolute atomic E-state index is 13.6. The molecule has 0 spiro atoms. The van der Waals surface area contributed by atoms with Crippen molar-refractivity contribution in [1.29, 1.82) is 0 Å². The van der Waals surface area contributed by atoms with Crippen molar-refractivity contribution in [1.82, 2.24) is 9.99 Å². The molecule has 9 heteroatoms. The zero-order valence-electron chi connectivity index (χ0n) is 20.2. The molecule has 0 fully saturated rings. The van der Waals surface area contributed by atoms with Crippen LogP contribution in [-0.2, 0) is 9.59 Å². The van der Waals surface area contributed by atoms with Gasteiger partial charge in [-0.15, -0.1) is 0 Å². The number of carbonyl (C=O) groups excluding carboxylic acids is 1. The smallest absolute Gasteiger partial charge is 0.303 e. The van der Waals surface area contributed by atoms with Crippen LogP contribution in [0, 0.1) is 0 Å². The van der Waals surface area contributed by atoms with Gasteiger partial charge in [0.25, 0.3) is 5.56 Å². The second kappa shape index (κ2) is 10.8. The van der Waals surface area contributed by atoms with E-state index in [-0.39, 0.29) is 37.1 Å². The minimum atomic E-state index is -0.971. The second-order valence-corrected chi connectivity index (χ2v) is 9.87. The van der Waals surface area contributed by atoms with Gasteiger partial charge in [-0.2, -0.15) is 5.10 Å². The van der Waals surface area contributed by atoms with E-state index in [1.807, 2.05) is 48.5 Å². The van der Waals surface area contributed by atoms with Crippen LogP contribution in [0.2, 0.25) is 10.0 Å². The van der Waals surface area contributed by atoms with Gasteiger partial charge in [-0.1, -0.05) is 71.7 Å². The van der Waals surface area contributed by atoms with E-state index in [2.05, 4.69) is 10.1 Å². The average Bonchev–Trinajstić information content (AvgIpc) is 3.33. The van der Waals surface area contributed by atoms with E-state index in [9.17, 15) is 14.4 Å². The fourth-order valence-corrected chi connectivity index (χ4v) is 5.21. The van der Waals surface area contributed by atoms with E-state index in [4.69, 9.17) is 28.3 Å². The van der Waals surface area contributed by atoms with Crippen molar-refractivity contribution in [2.24, 2.45) is 5.10 Å². The molecule has 2 N–H and O–H groups in total. The number of fused-ring (bicyclic) bond motifs is 1. The van der Waals surface area contributed by atoms with Crippen LogP contribution in [-0.4, -0.2) is 32.7 Å². The molecule has 4 aromatic rings. The number of carboxylic acids is 1. The van der Waals surface area contributed by atoms with E-state index < -0.39 is 12.0 Å². The summed E-state index contributed by atoms with van der Waals surface area (Å²) in [6.45, 7) is 0. The Morgan fingerprint density at radius 1 is 0.947 bits per heavy atom. The highest BCUT2D eigenvalue weighted by atomic mass is 35.5. The number of pyridine rings is 1. The summed E-state index contributed by atoms with van der Waals surface area (Å²) in [5.74, 6) is -1.31. The lowest BCUT2D eigenvalue weighted by Crippen LogP contribution is -2.27. The molecule has 2 heterocycles. The molecule has 1 aromatic heterocycles. The molecular weight excluding hydrogens is 525 g/mol. The summed E-state index contributed by atoms with van der Waals surface area (Å²) in [5.41, 5.74) is 3.33. The zero-order valence-corrected chi connectivity index (χ0v) is 21.7. The van der Waals surface area contributed by atoms with Gasteiger partial charge in [-0.3, -0.25) is 14.4 Å². The quantitative estimate of drug-likeness (QED) is 0.278. The standard InChI is InChI=1S/C29H23Cl2N3O4/c30-18-14-12-17(13-15-18)27-20-7-2-4-9-22(20)32-29(38)28(27)23-16-24(19-6-1-3-8-21(19)31)34(33-23)25(35)10-5-11-26(36)37/h1-4,6-9,12-15,24H,5,10-11,16H2,(H,32,38)(H,36,37)/t24-/m0/s1. The van der Waals surface area contributed by atoms with Crippen LogP contribution >= 0.6 is 23.2 Å². The van der Waals surface area contributed by atoms with E-state index >= 15 is 0 Å². The predicted octanol–water partition coefficient (Wildman–Crippen LogP) is 6.43. The van der Waals surface area contributed by atoms with Crippen molar-refractivity contribution in [3.8, 4) is 11.1 Å². The lowest BCUT2D eigenvalue weighted by atomic mass is 9.91. The summed E-state index contributed by atoms with van der Waals surface area (Å²) in [6.07, 6.45) is 0.313. The highest BCUT2D eigenvalue weighted by Gasteiger charge is 2.36. The summed E-state index contributed by atoms with van der Waals surface area (Å²) in [6, 6.07) is 21.4. The number of hydrazone groups is 1. The van der Waals surface area contributed by atoms with Gasteiger partial charge in [-0.05, 0) is 41.8 Å². The molecule has 1 atom stereocenters. The zero-order chi connectivity index (χ0) is 26.8. The van der Waals surface area contributed by atoms with Crippen LogP contribution in [0.4, 0.5) is 0 Å². The molecule has 0 bridgehead atoms. The van der Waals surface area contributed by atoms with Crippen molar-refractivity contribution in [3.63, 3.8) is 0 Å². The first-order valence-corrected chi connectivity index (χ1v) is 12.9. The minimum Gasteiger partial charge on any atom is -0.481 e. The van der Waals surface area contributed by atoms with Crippen LogP contribution in [0.15, 0.2) is 82.7 Å². The number of carbonyl (C=O) groups is 2. The highest BCUT2D eigenvalue weighted by molar-refractivity contribution is 6.31. The van der Waals surface area contributed by atoms with E-state index in [0.29, 0.717) is 38.0 Å². The topological polar surface area (TPSA) is 103 Å². The normalized spacial score (nSPS) is 15.1. The number of aromatic amines is 1. The largest absolute Gasteiger partial charge is 0.481 e. The Kier molecular flexibility index (Phi) is 7.31. The highest BCUT2D eigenvalue weighted by Crippen LogP contribution is 2.39. The number of rotatable bonds is 7. The van der Waals surface area contributed by atoms with Gasteiger partial charge < -0.3 is 10.1 Å². The third-order valence-electron chi connectivity index (χ3n) is 6.55. The Morgan fingerprint density at radius 3 is 2.39 bits per heavy atom. The SMILES string of the molecule is O=C(O)CCCC(=O)N1N=C(c2c(-c3ccc(Cl)cc3)c3ccccc3[nH]c2=O)C[C@H]1c1ccccc1Cl. The van der Waals surface area contributed by atoms with E-state index in [0.717, 1.165) is 10.9 Å². The van der Waals surface area contributed by atoms with Gasteiger partial charge >= 0.3 is 5.97 Å². The van der Waals surface area contributed by atoms with Crippen molar-refractivity contribution in [2.75, 3.05) is 0 Å². The molecule has 0 saturated heterocycles. The Hall–Kier alpha value is -3.94. The van der Waals surface area contributed by atoms with Crippen molar-refractivity contribution < 1.29 is 14.7 Å². The summed E-state index contributed by atoms with van der Waals surface area (Å²) < 4.78 is 0.